The summed E-state index contributed by atoms with van der Waals surface area (Å²) in [6.07, 6.45) is 5.43. The van der Waals surface area contributed by atoms with Crippen LogP contribution in [0.1, 0.15) is 36.2 Å². The molecular weight excluding hydrogens is 391 g/mol. The number of fused-ring (bicyclic) bond motifs is 4. The van der Waals surface area contributed by atoms with E-state index < -0.39 is 5.41 Å². The molecular formula is C24H21FN6. The second-order valence-electron chi connectivity index (χ2n) is 8.41. The molecule has 1 aliphatic heterocycles. The number of rotatable bonds is 2. The molecule has 0 atom stereocenters. The third-order valence-corrected chi connectivity index (χ3v) is 6.33. The highest BCUT2D eigenvalue weighted by molar-refractivity contribution is 5.91. The predicted molar refractivity (Wildman–Crippen MR) is 117 cm³/mol. The van der Waals surface area contributed by atoms with Crippen LogP contribution in [0.4, 0.5) is 15.9 Å². The number of alkyl halides is 1. The van der Waals surface area contributed by atoms with Gasteiger partial charge in [-0.2, -0.15) is 4.98 Å². The van der Waals surface area contributed by atoms with Crippen molar-refractivity contribution in [3.63, 3.8) is 0 Å². The van der Waals surface area contributed by atoms with Crippen molar-refractivity contribution in [2.45, 2.75) is 32.6 Å². The van der Waals surface area contributed by atoms with Gasteiger partial charge in [-0.25, -0.2) is 4.39 Å². The summed E-state index contributed by atoms with van der Waals surface area (Å²) >= 11 is 0. The maximum atomic E-state index is 13.3. The van der Waals surface area contributed by atoms with Gasteiger partial charge in [0.25, 0.3) is 5.78 Å². The number of nitrogens with zero attached hydrogens (tertiary/aromatic N) is 6. The van der Waals surface area contributed by atoms with Gasteiger partial charge in [0.1, 0.15) is 18.0 Å². The molecule has 0 unspecified atom stereocenters. The van der Waals surface area contributed by atoms with Crippen molar-refractivity contribution >= 4 is 28.3 Å². The third-order valence-electron chi connectivity index (χ3n) is 6.33. The van der Waals surface area contributed by atoms with E-state index in [2.05, 4.69) is 38.0 Å². The minimum atomic E-state index is -0.407. The molecule has 4 heterocycles. The van der Waals surface area contributed by atoms with Crippen LogP contribution in [0.3, 0.4) is 0 Å². The molecule has 2 aliphatic rings. The number of hydrogen-bond acceptors (Lipinski definition) is 5. The average Bonchev–Trinajstić information content (AvgIpc) is 3.51. The number of anilines is 2. The lowest BCUT2D eigenvalue weighted by Gasteiger charge is -2.31. The molecule has 1 aromatic carbocycles. The fourth-order valence-corrected chi connectivity index (χ4v) is 4.40. The Balaban J connectivity index is 1.52. The molecule has 0 saturated heterocycles. The normalized spacial score (nSPS) is 16.8. The standard InChI is InChI=1S/C24H21FN6/c1-16-28-29-23-27-22(21-20(31(16)23)8-3-13-26-21)30-14-4-6-18-17(5-2-7-19(18)30)9-10-24(15-25)11-12-24/h2-3,5,7-8,13H,4,6,11-12,14-15H2,1H3. The van der Waals surface area contributed by atoms with Crippen LogP contribution in [0.25, 0.3) is 16.8 Å². The maximum absolute atomic E-state index is 13.3. The van der Waals surface area contributed by atoms with Crippen molar-refractivity contribution in [1.82, 2.24) is 24.6 Å². The highest BCUT2D eigenvalue weighted by atomic mass is 19.1. The lowest BCUT2D eigenvalue weighted by Crippen LogP contribution is -2.26. The summed E-state index contributed by atoms with van der Waals surface area (Å²) in [7, 11) is 0. The molecule has 154 valence electrons. The van der Waals surface area contributed by atoms with Gasteiger partial charge in [-0.15, -0.1) is 10.2 Å². The van der Waals surface area contributed by atoms with E-state index in [0.717, 1.165) is 66.2 Å². The van der Waals surface area contributed by atoms with Gasteiger partial charge in [-0.1, -0.05) is 17.9 Å². The maximum Gasteiger partial charge on any atom is 0.257 e. The average molecular weight is 412 g/mol. The van der Waals surface area contributed by atoms with E-state index >= 15 is 0 Å². The third kappa shape index (κ3) is 2.86. The Morgan fingerprint density at radius 1 is 1.16 bits per heavy atom. The SMILES string of the molecule is Cc1nnc2nc(N3CCCc4c(C#CC5(CF)CC5)cccc43)c3ncccc3n12. The van der Waals surface area contributed by atoms with Crippen LogP contribution in [-0.2, 0) is 6.42 Å². The lowest BCUT2D eigenvalue weighted by atomic mass is 9.95. The summed E-state index contributed by atoms with van der Waals surface area (Å²) in [6.45, 7) is 2.39. The van der Waals surface area contributed by atoms with E-state index in [-0.39, 0.29) is 6.67 Å². The summed E-state index contributed by atoms with van der Waals surface area (Å²) < 4.78 is 15.2. The molecule has 0 amide bonds. The van der Waals surface area contributed by atoms with Gasteiger partial charge in [0, 0.05) is 24.0 Å². The largest absolute Gasteiger partial charge is 0.324 e. The number of aromatic nitrogens is 5. The first-order valence-corrected chi connectivity index (χ1v) is 10.6. The summed E-state index contributed by atoms with van der Waals surface area (Å²) in [5, 5.41) is 8.47. The molecule has 0 spiro atoms. The van der Waals surface area contributed by atoms with Gasteiger partial charge in [0.05, 0.1) is 10.9 Å². The molecule has 1 saturated carbocycles. The smallest absolute Gasteiger partial charge is 0.257 e. The first-order chi connectivity index (χ1) is 15.2. The van der Waals surface area contributed by atoms with Crippen LogP contribution >= 0.6 is 0 Å². The Morgan fingerprint density at radius 3 is 2.90 bits per heavy atom. The van der Waals surface area contributed by atoms with Crippen LogP contribution in [0.15, 0.2) is 36.5 Å². The van der Waals surface area contributed by atoms with Crippen LogP contribution in [0, 0.1) is 24.2 Å². The van der Waals surface area contributed by atoms with E-state index in [1.165, 1.54) is 5.56 Å². The predicted octanol–water partition coefficient (Wildman–Crippen LogP) is 4.17. The van der Waals surface area contributed by atoms with Gasteiger partial charge in [0.2, 0.25) is 0 Å². The highest BCUT2D eigenvalue weighted by Gasteiger charge is 2.41. The monoisotopic (exact) mass is 412 g/mol. The van der Waals surface area contributed by atoms with E-state index in [4.69, 9.17) is 4.98 Å². The molecule has 6 nitrogen and oxygen atoms in total. The number of benzene rings is 1. The molecule has 3 aromatic heterocycles. The Kier molecular flexibility index (Phi) is 3.97. The minimum absolute atomic E-state index is 0.361. The van der Waals surface area contributed by atoms with Crippen LogP contribution in [-0.4, -0.2) is 37.8 Å². The van der Waals surface area contributed by atoms with Gasteiger partial charge < -0.3 is 4.90 Å². The summed E-state index contributed by atoms with van der Waals surface area (Å²) in [6, 6.07) is 10.1. The molecule has 1 fully saturated rings. The van der Waals surface area contributed by atoms with E-state index in [0.29, 0.717) is 5.78 Å². The molecule has 1 aliphatic carbocycles. The van der Waals surface area contributed by atoms with E-state index in [1.54, 1.807) is 6.20 Å². The minimum Gasteiger partial charge on any atom is -0.324 e. The van der Waals surface area contributed by atoms with E-state index in [1.807, 2.05) is 35.6 Å². The second-order valence-corrected chi connectivity index (χ2v) is 8.41. The quantitative estimate of drug-likeness (QED) is 0.463. The molecule has 4 aromatic rings. The summed E-state index contributed by atoms with van der Waals surface area (Å²) in [5.41, 5.74) is 4.61. The van der Waals surface area contributed by atoms with E-state index in [9.17, 15) is 4.39 Å². The summed E-state index contributed by atoms with van der Waals surface area (Å²) in [4.78, 5) is 11.7. The first kappa shape index (κ1) is 18.3. The second kappa shape index (κ2) is 6.74. The Morgan fingerprint density at radius 2 is 2.06 bits per heavy atom. The van der Waals surface area contributed by atoms with Gasteiger partial charge in [-0.05, 0) is 62.4 Å². The van der Waals surface area contributed by atoms with Gasteiger partial charge in [0.15, 0.2) is 5.82 Å². The molecule has 31 heavy (non-hydrogen) atoms. The molecule has 0 bridgehead atoms. The van der Waals surface area contributed by atoms with Crippen molar-refractivity contribution in [1.29, 1.82) is 0 Å². The van der Waals surface area contributed by atoms with Crippen molar-refractivity contribution in [2.75, 3.05) is 18.1 Å². The van der Waals surface area contributed by atoms with Gasteiger partial charge >= 0.3 is 0 Å². The number of aryl methyl sites for hydroxylation is 1. The van der Waals surface area contributed by atoms with Crippen LogP contribution in [0.2, 0.25) is 0 Å². The highest BCUT2D eigenvalue weighted by Crippen LogP contribution is 2.45. The molecule has 7 heteroatoms. The number of pyridine rings is 1. The van der Waals surface area contributed by atoms with Crippen LogP contribution in [0.5, 0.6) is 0 Å². The van der Waals surface area contributed by atoms with Crippen molar-refractivity contribution in [2.24, 2.45) is 5.41 Å². The molecule has 0 radical (unpaired) electrons. The zero-order valence-corrected chi connectivity index (χ0v) is 17.3. The fraction of sp³-hybridized carbons (Fsp3) is 0.333. The molecule has 0 N–H and O–H groups in total. The number of halogens is 1. The topological polar surface area (TPSA) is 59.2 Å². The summed E-state index contributed by atoms with van der Waals surface area (Å²) in [5.74, 6) is 8.62. The Bertz CT molecular complexity index is 1390. The zero-order chi connectivity index (χ0) is 21.0. The van der Waals surface area contributed by atoms with Crippen molar-refractivity contribution in [3.05, 3.63) is 53.5 Å². The molecule has 6 rings (SSSR count). The van der Waals surface area contributed by atoms with Gasteiger partial charge in [-0.3, -0.25) is 9.38 Å². The number of hydrogen-bond donors (Lipinski definition) is 0. The first-order valence-electron chi connectivity index (χ1n) is 10.6. The zero-order valence-electron chi connectivity index (χ0n) is 17.3. The Hall–Kier alpha value is -3.53. The lowest BCUT2D eigenvalue weighted by molar-refractivity contribution is 0.407. The fourth-order valence-electron chi connectivity index (χ4n) is 4.40. The Labute approximate surface area is 179 Å². The van der Waals surface area contributed by atoms with Crippen molar-refractivity contribution < 1.29 is 4.39 Å². The van der Waals surface area contributed by atoms with Crippen LogP contribution < -0.4 is 4.90 Å². The van der Waals surface area contributed by atoms with Crippen molar-refractivity contribution in [3.8, 4) is 11.8 Å².